The Kier molecular flexibility index (Phi) is 8.06. The van der Waals surface area contributed by atoms with Gasteiger partial charge in [0, 0.05) is 61.1 Å². The third-order valence-corrected chi connectivity index (χ3v) is 15.5. The number of aromatic nitrogens is 1. The molecule has 13 rings (SSSR count). The monoisotopic (exact) mass is 849 g/mol. The lowest BCUT2D eigenvalue weighted by atomic mass is 9.82. The molecule has 3 aliphatic carbocycles. The predicted molar refractivity (Wildman–Crippen MR) is 278 cm³/mol. The summed E-state index contributed by atoms with van der Waals surface area (Å²) < 4.78 is 2.42. The molecule has 0 radical (unpaired) electrons. The normalized spacial score (nSPS) is 15.2. The van der Waals surface area contributed by atoms with E-state index in [1.165, 1.54) is 88.6 Å². The summed E-state index contributed by atoms with van der Waals surface area (Å²) in [6.45, 7) is 14.2. The molecular formula is C63H51N3. The molecule has 0 atom stereocenters. The van der Waals surface area contributed by atoms with Gasteiger partial charge in [-0.3, -0.25) is 0 Å². The first-order valence-electron chi connectivity index (χ1n) is 23.4. The maximum Gasteiger partial charge on any atom is 0.0542 e. The van der Waals surface area contributed by atoms with Gasteiger partial charge >= 0.3 is 0 Å². The van der Waals surface area contributed by atoms with Crippen molar-refractivity contribution in [2.75, 3.05) is 10.2 Å². The molecule has 3 nitrogen and oxygen atoms in total. The molecule has 1 aromatic heterocycles. The van der Waals surface area contributed by atoms with E-state index >= 15 is 0 Å². The molecule has 0 unspecified atom stereocenters. The Morgan fingerprint density at radius 1 is 0.333 bits per heavy atom. The molecule has 66 heavy (non-hydrogen) atoms. The van der Waals surface area contributed by atoms with Crippen LogP contribution >= 0.6 is 0 Å². The second-order valence-corrected chi connectivity index (χ2v) is 20.3. The van der Waals surface area contributed by atoms with Gasteiger partial charge in [0.25, 0.3) is 0 Å². The lowest BCUT2D eigenvalue weighted by molar-refractivity contribution is 0.660. The predicted octanol–water partition coefficient (Wildman–Crippen LogP) is 16.9. The second-order valence-electron chi connectivity index (χ2n) is 20.3. The van der Waals surface area contributed by atoms with Crippen LogP contribution in [-0.4, -0.2) is 4.57 Å². The Balaban J connectivity index is 0.991. The van der Waals surface area contributed by atoms with E-state index in [1.54, 1.807) is 0 Å². The van der Waals surface area contributed by atoms with Crippen LogP contribution in [0.2, 0.25) is 0 Å². The minimum Gasteiger partial charge on any atom is -0.355 e. The van der Waals surface area contributed by atoms with Crippen molar-refractivity contribution in [2.24, 2.45) is 0 Å². The van der Waals surface area contributed by atoms with Crippen molar-refractivity contribution in [3.8, 4) is 39.1 Å². The first-order valence-corrected chi connectivity index (χ1v) is 23.4. The van der Waals surface area contributed by atoms with Crippen LogP contribution in [0.25, 0.3) is 60.9 Å². The van der Waals surface area contributed by atoms with Crippen LogP contribution in [0.5, 0.6) is 0 Å². The standard InChI is InChI=1S/C63H51N3/c1-61(2)53-21-13-10-18-45(53)48-29-24-40(35-56(48)61)64-39-25-32-59-51(34-39)52-36-42(28-33-60(52)66(59)41-16-8-7-9-17-41)65(43-26-30-49-46-19-11-14-22-54(46)62(3,4)57(49)37-43)44-27-31-50-47-20-12-15-23-55(47)63(5,6)58(50)38-44/h7-38,64H,1-6H3. The summed E-state index contributed by atoms with van der Waals surface area (Å²) in [5.74, 6) is 0. The van der Waals surface area contributed by atoms with Crippen LogP contribution in [-0.2, 0) is 16.2 Å². The van der Waals surface area contributed by atoms with Crippen molar-refractivity contribution in [3.63, 3.8) is 0 Å². The van der Waals surface area contributed by atoms with Gasteiger partial charge in [0.2, 0.25) is 0 Å². The number of nitrogens with one attached hydrogen (secondary N) is 1. The molecule has 0 saturated carbocycles. The molecule has 0 bridgehead atoms. The largest absolute Gasteiger partial charge is 0.355 e. The summed E-state index contributed by atoms with van der Waals surface area (Å²) in [5, 5.41) is 6.25. The fourth-order valence-electron chi connectivity index (χ4n) is 12.1. The first kappa shape index (κ1) is 38.8. The molecule has 3 aliphatic rings. The zero-order chi connectivity index (χ0) is 44.7. The van der Waals surface area contributed by atoms with Crippen LogP contribution in [0.1, 0.15) is 74.9 Å². The smallest absolute Gasteiger partial charge is 0.0542 e. The molecule has 318 valence electrons. The average Bonchev–Trinajstić information content (AvgIpc) is 3.95. The van der Waals surface area contributed by atoms with Crippen LogP contribution in [0, 0.1) is 0 Å². The van der Waals surface area contributed by atoms with Crippen molar-refractivity contribution < 1.29 is 0 Å². The topological polar surface area (TPSA) is 20.2 Å². The summed E-state index contributed by atoms with van der Waals surface area (Å²) >= 11 is 0. The third-order valence-electron chi connectivity index (χ3n) is 15.5. The van der Waals surface area contributed by atoms with Gasteiger partial charge in [-0.1, -0.05) is 151 Å². The summed E-state index contributed by atoms with van der Waals surface area (Å²) in [4.78, 5) is 2.50. The Morgan fingerprint density at radius 3 is 1.26 bits per heavy atom. The molecule has 0 saturated heterocycles. The van der Waals surface area contributed by atoms with Gasteiger partial charge in [-0.2, -0.15) is 0 Å². The van der Waals surface area contributed by atoms with Crippen LogP contribution in [0.15, 0.2) is 194 Å². The fraction of sp³-hybridized carbons (Fsp3) is 0.143. The lowest BCUT2D eigenvalue weighted by Gasteiger charge is -2.30. The van der Waals surface area contributed by atoms with E-state index < -0.39 is 0 Å². The number of hydrogen-bond donors (Lipinski definition) is 1. The third kappa shape index (κ3) is 5.43. The quantitative estimate of drug-likeness (QED) is 0.180. The average molecular weight is 850 g/mol. The second kappa shape index (κ2) is 13.7. The van der Waals surface area contributed by atoms with Crippen molar-refractivity contribution in [2.45, 2.75) is 57.8 Å². The first-order chi connectivity index (χ1) is 32.0. The van der Waals surface area contributed by atoms with Crippen molar-refractivity contribution in [3.05, 3.63) is 228 Å². The minimum atomic E-state index is -0.135. The highest BCUT2D eigenvalue weighted by Crippen LogP contribution is 2.54. The number of anilines is 5. The van der Waals surface area contributed by atoms with E-state index in [4.69, 9.17) is 0 Å². The Bertz CT molecular complexity index is 3550. The zero-order valence-corrected chi connectivity index (χ0v) is 38.4. The van der Waals surface area contributed by atoms with Crippen LogP contribution in [0.3, 0.4) is 0 Å². The summed E-state index contributed by atoms with van der Waals surface area (Å²) in [6, 6.07) is 72.6. The van der Waals surface area contributed by atoms with Crippen molar-refractivity contribution in [1.82, 2.24) is 4.57 Å². The van der Waals surface area contributed by atoms with E-state index in [-0.39, 0.29) is 16.2 Å². The minimum absolute atomic E-state index is 0.0733. The van der Waals surface area contributed by atoms with Gasteiger partial charge < -0.3 is 14.8 Å². The highest BCUT2D eigenvalue weighted by Gasteiger charge is 2.38. The number of nitrogens with zero attached hydrogens (tertiary/aromatic N) is 2. The van der Waals surface area contributed by atoms with Gasteiger partial charge in [0.15, 0.2) is 0 Å². The summed E-state index contributed by atoms with van der Waals surface area (Å²) in [7, 11) is 0. The van der Waals surface area contributed by atoms with Crippen LogP contribution < -0.4 is 10.2 Å². The number of hydrogen-bond acceptors (Lipinski definition) is 2. The highest BCUT2D eigenvalue weighted by molar-refractivity contribution is 6.12. The number of para-hydroxylation sites is 1. The number of rotatable bonds is 6. The molecule has 3 heteroatoms. The summed E-state index contributed by atoms with van der Waals surface area (Å²) in [5.41, 5.74) is 24.9. The molecule has 9 aromatic carbocycles. The van der Waals surface area contributed by atoms with Gasteiger partial charge in [0.1, 0.15) is 0 Å². The van der Waals surface area contributed by atoms with E-state index in [0.717, 1.165) is 34.1 Å². The Labute approximate surface area is 387 Å². The van der Waals surface area contributed by atoms with Crippen molar-refractivity contribution in [1.29, 1.82) is 0 Å². The molecule has 0 amide bonds. The zero-order valence-electron chi connectivity index (χ0n) is 38.4. The highest BCUT2D eigenvalue weighted by atomic mass is 15.1. The van der Waals surface area contributed by atoms with E-state index in [1.807, 2.05) is 0 Å². The molecule has 0 spiro atoms. The summed E-state index contributed by atoms with van der Waals surface area (Å²) in [6.07, 6.45) is 0. The number of fused-ring (bicyclic) bond motifs is 12. The van der Waals surface area contributed by atoms with E-state index in [9.17, 15) is 0 Å². The molecule has 0 fully saturated rings. The lowest BCUT2D eigenvalue weighted by Crippen LogP contribution is -2.18. The van der Waals surface area contributed by atoms with Gasteiger partial charge in [-0.05, 0) is 152 Å². The number of benzene rings is 9. The molecule has 10 aromatic rings. The van der Waals surface area contributed by atoms with Crippen molar-refractivity contribution >= 4 is 50.2 Å². The van der Waals surface area contributed by atoms with Gasteiger partial charge in [-0.25, -0.2) is 0 Å². The fourth-order valence-corrected chi connectivity index (χ4v) is 12.1. The maximum absolute atomic E-state index is 3.85. The van der Waals surface area contributed by atoms with Gasteiger partial charge in [-0.15, -0.1) is 0 Å². The molecule has 1 N–H and O–H groups in total. The van der Waals surface area contributed by atoms with E-state index in [0.29, 0.717) is 0 Å². The Hall–Kier alpha value is -7.62. The molecular weight excluding hydrogens is 799 g/mol. The van der Waals surface area contributed by atoms with Crippen LogP contribution in [0.4, 0.5) is 28.4 Å². The van der Waals surface area contributed by atoms with E-state index in [2.05, 4.69) is 250 Å². The SMILES string of the molecule is CC1(C)c2ccccc2-c2ccc(Nc3ccc4c(c3)c3cc(N(c5ccc6c(c5)C(C)(C)c5ccccc5-6)c5ccc6c(c5)C(C)(C)c5ccccc5-6)ccc3n4-c3ccccc3)cc21. The maximum atomic E-state index is 3.85. The molecule has 0 aliphatic heterocycles. The Morgan fingerprint density at radius 2 is 0.712 bits per heavy atom. The van der Waals surface area contributed by atoms with Gasteiger partial charge in [0.05, 0.1) is 11.0 Å². The molecule has 1 heterocycles.